The average Bonchev–Trinajstić information content (AvgIpc) is 2.63. The van der Waals surface area contributed by atoms with Crippen molar-refractivity contribution in [3.63, 3.8) is 0 Å². The van der Waals surface area contributed by atoms with E-state index in [4.69, 9.17) is 30.0 Å². The second-order valence-electron chi connectivity index (χ2n) is 7.38. The quantitative estimate of drug-likeness (QED) is 0.169. The van der Waals surface area contributed by atoms with Crippen molar-refractivity contribution in [2.24, 2.45) is 0 Å². The summed E-state index contributed by atoms with van der Waals surface area (Å²) < 4.78 is 5.76. The summed E-state index contributed by atoms with van der Waals surface area (Å²) in [5.41, 5.74) is 0. The van der Waals surface area contributed by atoms with Crippen LogP contribution in [-0.4, -0.2) is 24.7 Å². The van der Waals surface area contributed by atoms with Crippen LogP contribution in [0.1, 0.15) is 116 Å². The second kappa shape index (κ2) is 24.7. The van der Waals surface area contributed by atoms with Crippen LogP contribution >= 0.6 is 25.3 Å². The van der Waals surface area contributed by atoms with Crippen LogP contribution in [0.3, 0.4) is 0 Å². The summed E-state index contributed by atoms with van der Waals surface area (Å²) in [5.74, 6) is 1.88. The molecular formula is C22H44OS2. The zero-order chi connectivity index (χ0) is 18.3. The van der Waals surface area contributed by atoms with E-state index in [1.54, 1.807) is 0 Å². The van der Waals surface area contributed by atoms with Crippen molar-refractivity contribution in [2.45, 2.75) is 116 Å². The molecule has 25 heavy (non-hydrogen) atoms. The molecule has 0 aromatic carbocycles. The van der Waals surface area contributed by atoms with Crippen molar-refractivity contribution in [1.29, 1.82) is 0 Å². The van der Waals surface area contributed by atoms with Gasteiger partial charge in [0.15, 0.2) is 0 Å². The maximum Gasteiger partial charge on any atom is 0.0466 e. The Kier molecular flexibility index (Phi) is 25.3. The fourth-order valence-corrected chi connectivity index (χ4v) is 3.60. The lowest BCUT2D eigenvalue weighted by Crippen LogP contribution is -1.97. The van der Waals surface area contributed by atoms with Crippen LogP contribution in [0.5, 0.6) is 0 Å². The van der Waals surface area contributed by atoms with E-state index in [1.165, 1.54) is 116 Å². The van der Waals surface area contributed by atoms with Gasteiger partial charge >= 0.3 is 0 Å². The van der Waals surface area contributed by atoms with Crippen LogP contribution in [-0.2, 0) is 4.74 Å². The smallest absolute Gasteiger partial charge is 0.0466 e. The van der Waals surface area contributed by atoms with Gasteiger partial charge in [-0.05, 0) is 25.7 Å². The fourth-order valence-electron chi connectivity index (χ4n) is 3.19. The molecule has 0 N–H and O–H groups in total. The molecule has 0 atom stereocenters. The van der Waals surface area contributed by atoms with Crippen LogP contribution in [0.25, 0.3) is 0 Å². The largest absolute Gasteiger partial charge is 0.381 e. The molecule has 2 radical (unpaired) electrons. The molecule has 0 heterocycles. The molecule has 0 aromatic rings. The highest BCUT2D eigenvalue weighted by Gasteiger charge is 1.95. The van der Waals surface area contributed by atoms with Gasteiger partial charge in [0.2, 0.25) is 0 Å². The Morgan fingerprint density at radius 3 is 0.840 bits per heavy atom. The second-order valence-corrected chi connectivity index (χ2v) is 8.20. The van der Waals surface area contributed by atoms with Gasteiger partial charge in [-0.15, -0.1) is 0 Å². The number of hydrogen-bond donors (Lipinski definition) is 0. The Labute approximate surface area is 170 Å². The normalized spacial score (nSPS) is 11.3. The predicted molar refractivity (Wildman–Crippen MR) is 119 cm³/mol. The molecule has 0 saturated heterocycles. The molecule has 0 fully saturated rings. The maximum absolute atomic E-state index is 5.76. The highest BCUT2D eigenvalue weighted by atomic mass is 32.1. The van der Waals surface area contributed by atoms with E-state index in [0.717, 1.165) is 24.7 Å². The van der Waals surface area contributed by atoms with E-state index < -0.39 is 0 Å². The first-order valence-corrected chi connectivity index (χ1v) is 12.3. The number of ether oxygens (including phenoxy) is 1. The lowest BCUT2D eigenvalue weighted by Gasteiger charge is -2.05. The van der Waals surface area contributed by atoms with Gasteiger partial charge in [-0.2, -0.15) is 0 Å². The molecule has 0 saturated carbocycles. The third-order valence-electron chi connectivity index (χ3n) is 4.87. The third kappa shape index (κ3) is 24.7. The van der Waals surface area contributed by atoms with Gasteiger partial charge in [-0.1, -0.05) is 115 Å². The van der Waals surface area contributed by atoms with Crippen LogP contribution in [0, 0.1) is 0 Å². The molecule has 0 aliphatic carbocycles. The summed E-state index contributed by atoms with van der Waals surface area (Å²) in [5, 5.41) is 0. The summed E-state index contributed by atoms with van der Waals surface area (Å²) in [7, 11) is 0. The van der Waals surface area contributed by atoms with Gasteiger partial charge in [0, 0.05) is 24.7 Å². The van der Waals surface area contributed by atoms with Crippen LogP contribution in [0.15, 0.2) is 0 Å². The van der Waals surface area contributed by atoms with E-state index >= 15 is 0 Å². The molecule has 0 rings (SSSR count). The minimum atomic E-state index is 0.941. The first-order valence-electron chi connectivity index (χ1n) is 11.2. The maximum atomic E-state index is 5.76. The molecule has 0 spiro atoms. The van der Waals surface area contributed by atoms with E-state index in [9.17, 15) is 0 Å². The predicted octanol–water partition coefficient (Wildman–Crippen LogP) is 8.42. The summed E-state index contributed by atoms with van der Waals surface area (Å²) in [4.78, 5) is 0. The van der Waals surface area contributed by atoms with Crippen LogP contribution in [0.2, 0.25) is 0 Å². The van der Waals surface area contributed by atoms with E-state index in [0.29, 0.717) is 0 Å². The van der Waals surface area contributed by atoms with Gasteiger partial charge in [-0.3, -0.25) is 0 Å². The number of rotatable bonds is 22. The zero-order valence-electron chi connectivity index (χ0n) is 16.8. The van der Waals surface area contributed by atoms with Crippen molar-refractivity contribution in [1.82, 2.24) is 0 Å². The molecule has 0 unspecified atom stereocenters. The lowest BCUT2D eigenvalue weighted by atomic mass is 10.1. The lowest BCUT2D eigenvalue weighted by molar-refractivity contribution is 0.125. The molecule has 150 valence electrons. The van der Waals surface area contributed by atoms with Gasteiger partial charge in [0.05, 0.1) is 0 Å². The first-order chi connectivity index (χ1) is 12.4. The fraction of sp³-hybridized carbons (Fsp3) is 1.00. The topological polar surface area (TPSA) is 9.23 Å². The molecule has 1 nitrogen and oxygen atoms in total. The minimum Gasteiger partial charge on any atom is -0.381 e. The van der Waals surface area contributed by atoms with Gasteiger partial charge in [0.1, 0.15) is 0 Å². The van der Waals surface area contributed by atoms with Crippen molar-refractivity contribution < 1.29 is 4.74 Å². The highest BCUT2D eigenvalue weighted by molar-refractivity contribution is 7.80. The standard InChI is InChI=1S/C22H44OS2/c24-21-17-13-9-5-1-3-7-11-15-19-23-20-16-12-8-4-2-6-10-14-18-22-25/h1-22H2. The van der Waals surface area contributed by atoms with E-state index in [1.807, 2.05) is 0 Å². The van der Waals surface area contributed by atoms with Crippen molar-refractivity contribution >= 4 is 25.3 Å². The van der Waals surface area contributed by atoms with Gasteiger partial charge in [0.25, 0.3) is 0 Å². The monoisotopic (exact) mass is 388 g/mol. The number of unbranched alkanes of at least 4 members (excludes halogenated alkanes) is 16. The molecule has 0 aliphatic heterocycles. The zero-order valence-corrected chi connectivity index (χ0v) is 18.4. The minimum absolute atomic E-state index is 0.941. The Morgan fingerprint density at radius 2 is 0.560 bits per heavy atom. The Morgan fingerprint density at radius 1 is 0.320 bits per heavy atom. The van der Waals surface area contributed by atoms with E-state index in [2.05, 4.69) is 0 Å². The summed E-state index contributed by atoms with van der Waals surface area (Å²) in [6.45, 7) is 1.95. The van der Waals surface area contributed by atoms with Crippen molar-refractivity contribution in [2.75, 3.05) is 24.7 Å². The molecular weight excluding hydrogens is 344 g/mol. The van der Waals surface area contributed by atoms with Crippen molar-refractivity contribution in [3.8, 4) is 0 Å². The Bertz CT molecular complexity index is 202. The number of hydrogen-bond acceptors (Lipinski definition) is 1. The third-order valence-corrected chi connectivity index (χ3v) is 5.44. The molecule has 0 amide bonds. The molecule has 0 bridgehead atoms. The summed E-state index contributed by atoms with van der Waals surface area (Å²) in [6.07, 6.45) is 24.3. The highest BCUT2D eigenvalue weighted by Crippen LogP contribution is 2.11. The first kappa shape index (κ1) is 25.7. The summed E-state index contributed by atoms with van der Waals surface area (Å²) >= 11 is 9.93. The van der Waals surface area contributed by atoms with Crippen molar-refractivity contribution in [3.05, 3.63) is 0 Å². The Hall–Kier alpha value is 0.660. The van der Waals surface area contributed by atoms with Crippen LogP contribution < -0.4 is 0 Å². The van der Waals surface area contributed by atoms with Gasteiger partial charge in [-0.25, -0.2) is 0 Å². The molecule has 0 aliphatic rings. The summed E-state index contributed by atoms with van der Waals surface area (Å²) in [6, 6.07) is 0. The molecule has 0 aromatic heterocycles. The average molecular weight is 389 g/mol. The van der Waals surface area contributed by atoms with E-state index in [-0.39, 0.29) is 0 Å². The Balaban J connectivity index is 2.94. The molecule has 3 heteroatoms. The SMILES string of the molecule is [S]CCCCCCCCCCCOCCCCCCCCCCC[S]. The van der Waals surface area contributed by atoms with Crippen LogP contribution in [0.4, 0.5) is 0 Å². The van der Waals surface area contributed by atoms with Gasteiger partial charge < -0.3 is 4.74 Å².